The molecule has 0 saturated heterocycles. The second-order valence-electron chi connectivity index (χ2n) is 12.7. The lowest BCUT2D eigenvalue weighted by Gasteiger charge is -2.15. The third-order valence-corrected chi connectivity index (χ3v) is 9.97. The summed E-state index contributed by atoms with van der Waals surface area (Å²) in [7, 11) is 0. The smallest absolute Gasteiger partial charge is 0.182 e. The molecule has 11 aromatic rings. The first kappa shape index (κ1) is 27.0. The molecule has 5 heterocycles. The van der Waals surface area contributed by atoms with Crippen molar-refractivity contribution in [3.05, 3.63) is 152 Å². The number of nitrogens with zero attached hydrogens (tertiary/aromatic N) is 7. The Kier molecular flexibility index (Phi) is 5.54. The summed E-state index contributed by atoms with van der Waals surface area (Å²) in [6.45, 7) is 0. The van der Waals surface area contributed by atoms with Crippen molar-refractivity contribution in [1.29, 1.82) is 0 Å². The fourth-order valence-electron chi connectivity index (χ4n) is 7.83. The van der Waals surface area contributed by atoms with Gasteiger partial charge in [-0.3, -0.25) is 9.97 Å². The van der Waals surface area contributed by atoms with E-state index >= 15 is 0 Å². The van der Waals surface area contributed by atoms with Crippen molar-refractivity contribution in [2.24, 2.45) is 0 Å². The van der Waals surface area contributed by atoms with Crippen molar-refractivity contribution in [2.45, 2.75) is 0 Å². The third kappa shape index (κ3) is 3.77. The first-order valence-corrected chi connectivity index (χ1v) is 16.6. The van der Waals surface area contributed by atoms with E-state index in [0.29, 0.717) is 5.82 Å². The molecule has 232 valence electrons. The van der Waals surface area contributed by atoms with Crippen LogP contribution in [-0.2, 0) is 0 Å². The van der Waals surface area contributed by atoms with Crippen molar-refractivity contribution < 1.29 is 0 Å². The second kappa shape index (κ2) is 10.3. The van der Waals surface area contributed by atoms with Gasteiger partial charge in [0.2, 0.25) is 0 Å². The van der Waals surface area contributed by atoms with E-state index in [2.05, 4.69) is 134 Å². The van der Waals surface area contributed by atoms with Gasteiger partial charge in [-0.2, -0.15) is 0 Å². The van der Waals surface area contributed by atoms with Gasteiger partial charge in [-0.05, 0) is 54.6 Å². The van der Waals surface area contributed by atoms with Crippen molar-refractivity contribution in [1.82, 2.24) is 34.3 Å². The van der Waals surface area contributed by atoms with Gasteiger partial charge >= 0.3 is 0 Å². The van der Waals surface area contributed by atoms with Crippen LogP contribution in [0.1, 0.15) is 0 Å². The lowest BCUT2D eigenvalue weighted by atomic mass is 10.0. The summed E-state index contributed by atoms with van der Waals surface area (Å²) < 4.78 is 4.70. The van der Waals surface area contributed by atoms with Crippen LogP contribution in [0.4, 0.5) is 0 Å². The van der Waals surface area contributed by atoms with Gasteiger partial charge in [0.1, 0.15) is 11.0 Å². The van der Waals surface area contributed by atoms with Gasteiger partial charge in [-0.1, -0.05) is 72.8 Å². The van der Waals surface area contributed by atoms with Gasteiger partial charge in [0, 0.05) is 84.8 Å². The maximum Gasteiger partial charge on any atom is 0.182 e. The van der Waals surface area contributed by atoms with Crippen LogP contribution >= 0.6 is 0 Å². The Morgan fingerprint density at radius 3 is 1.30 bits per heavy atom. The van der Waals surface area contributed by atoms with Crippen molar-refractivity contribution in [3.8, 4) is 22.8 Å². The molecular weight excluding hydrogens is 615 g/mol. The summed E-state index contributed by atoms with van der Waals surface area (Å²) in [5.74, 6) is 0.550. The maximum absolute atomic E-state index is 5.28. The molecule has 11 rings (SSSR count). The number of hydrogen-bond donors (Lipinski definition) is 0. The minimum Gasteiger partial charge on any atom is -0.309 e. The number of rotatable bonds is 3. The molecule has 0 fully saturated rings. The predicted molar refractivity (Wildman–Crippen MR) is 202 cm³/mol. The molecule has 0 aliphatic carbocycles. The van der Waals surface area contributed by atoms with Gasteiger partial charge < -0.3 is 9.13 Å². The predicted octanol–water partition coefficient (Wildman–Crippen LogP) is 9.98. The zero-order valence-corrected chi connectivity index (χ0v) is 26.6. The number of para-hydroxylation sites is 4. The minimum atomic E-state index is 0.550. The number of fused-ring (bicyclic) bond motifs is 12. The van der Waals surface area contributed by atoms with Gasteiger partial charge in [0.25, 0.3) is 0 Å². The first-order valence-electron chi connectivity index (χ1n) is 16.6. The van der Waals surface area contributed by atoms with Crippen LogP contribution in [0.3, 0.4) is 0 Å². The van der Waals surface area contributed by atoms with Gasteiger partial charge in [0.15, 0.2) is 5.82 Å². The van der Waals surface area contributed by atoms with Crippen molar-refractivity contribution in [2.75, 3.05) is 0 Å². The molecule has 0 aliphatic heterocycles. The number of benzene rings is 6. The topological polar surface area (TPSA) is 74.3 Å². The largest absolute Gasteiger partial charge is 0.309 e. The summed E-state index contributed by atoms with van der Waals surface area (Å²) in [6.07, 6.45) is 7.33. The molecule has 0 atom stereocenters. The molecule has 0 radical (unpaired) electrons. The Labute approximate surface area is 284 Å². The van der Waals surface area contributed by atoms with E-state index in [1.54, 1.807) is 12.4 Å². The normalized spacial score (nSPS) is 12.0. The van der Waals surface area contributed by atoms with Crippen molar-refractivity contribution >= 4 is 76.2 Å². The second-order valence-corrected chi connectivity index (χ2v) is 12.7. The fourth-order valence-corrected chi connectivity index (χ4v) is 7.83. The number of pyridine rings is 2. The van der Waals surface area contributed by atoms with E-state index in [1.807, 2.05) is 24.5 Å². The molecular formula is C43H25N7. The van der Waals surface area contributed by atoms with E-state index in [4.69, 9.17) is 15.2 Å². The van der Waals surface area contributed by atoms with Gasteiger partial charge in [-0.15, -0.1) is 10.2 Å². The summed E-state index contributed by atoms with van der Waals surface area (Å²) in [4.78, 5) is 14.1. The molecule has 7 heteroatoms. The Balaban J connectivity index is 1.26. The lowest BCUT2D eigenvalue weighted by Crippen LogP contribution is -2.02. The number of hydrogen-bond acceptors (Lipinski definition) is 5. The van der Waals surface area contributed by atoms with Crippen LogP contribution in [-0.4, -0.2) is 34.3 Å². The van der Waals surface area contributed by atoms with Gasteiger partial charge in [-0.25, -0.2) is 4.98 Å². The zero-order chi connectivity index (χ0) is 32.8. The molecule has 6 aromatic carbocycles. The summed E-state index contributed by atoms with van der Waals surface area (Å²) in [6, 6.07) is 45.0. The number of aromatic nitrogens is 7. The van der Waals surface area contributed by atoms with Crippen LogP contribution in [0.15, 0.2) is 152 Å². The van der Waals surface area contributed by atoms with E-state index < -0.39 is 0 Å². The third-order valence-electron chi connectivity index (χ3n) is 9.97. The molecule has 7 nitrogen and oxygen atoms in total. The Hall–Kier alpha value is -6.99. The molecule has 50 heavy (non-hydrogen) atoms. The van der Waals surface area contributed by atoms with E-state index in [0.717, 1.165) is 71.6 Å². The standard InChI is InChI=1S/C43H25N7/c1-5-13-37-29(9-1)30-10-2-6-14-38(30)49(37)27-21-26(22-28(23-27)50-39-15-7-3-11-31(39)32-12-4-8-16-40(32)50)43-46-41-33-17-19-44-24-35(33)36-25-45-20-18-34(36)42(41)47-48-43/h1-25H. The molecule has 0 bridgehead atoms. The van der Waals surface area contributed by atoms with E-state index in [-0.39, 0.29) is 0 Å². The lowest BCUT2D eigenvalue weighted by molar-refractivity contribution is 1.03. The molecule has 0 saturated carbocycles. The monoisotopic (exact) mass is 639 g/mol. The quantitative estimate of drug-likeness (QED) is 0.180. The molecule has 0 spiro atoms. The molecule has 5 aromatic heterocycles. The van der Waals surface area contributed by atoms with Crippen LogP contribution < -0.4 is 0 Å². The first-order chi connectivity index (χ1) is 24.8. The average molecular weight is 640 g/mol. The molecule has 0 amide bonds. The summed E-state index contributed by atoms with van der Waals surface area (Å²) in [5, 5.41) is 18.4. The van der Waals surface area contributed by atoms with E-state index in [1.165, 1.54) is 21.5 Å². The highest BCUT2D eigenvalue weighted by molar-refractivity contribution is 6.22. The minimum absolute atomic E-state index is 0.550. The molecule has 0 unspecified atom stereocenters. The Morgan fingerprint density at radius 2 is 0.820 bits per heavy atom. The van der Waals surface area contributed by atoms with Crippen LogP contribution in [0.25, 0.3) is 99.0 Å². The van der Waals surface area contributed by atoms with Crippen molar-refractivity contribution in [3.63, 3.8) is 0 Å². The fraction of sp³-hybridized carbons (Fsp3) is 0. The highest BCUT2D eigenvalue weighted by atomic mass is 15.2. The average Bonchev–Trinajstić information content (AvgIpc) is 3.71. The van der Waals surface area contributed by atoms with E-state index in [9.17, 15) is 0 Å². The van der Waals surface area contributed by atoms with Gasteiger partial charge in [0.05, 0.1) is 22.1 Å². The Morgan fingerprint density at radius 1 is 0.380 bits per heavy atom. The maximum atomic E-state index is 5.28. The zero-order valence-electron chi connectivity index (χ0n) is 26.6. The highest BCUT2D eigenvalue weighted by Gasteiger charge is 2.19. The SMILES string of the molecule is c1ccc2c(c1)c1ccccc1n2-c1cc(-c2nnc3c4ccncc4c4cnccc4c3n2)cc(-n2c3ccccc3c3ccccc32)c1. The Bertz CT molecular complexity index is 2900. The summed E-state index contributed by atoms with van der Waals surface area (Å²) in [5.41, 5.74) is 8.96. The highest BCUT2D eigenvalue weighted by Crippen LogP contribution is 2.38. The van der Waals surface area contributed by atoms with Crippen LogP contribution in [0, 0.1) is 0 Å². The molecule has 0 aliphatic rings. The van der Waals surface area contributed by atoms with Crippen LogP contribution in [0.2, 0.25) is 0 Å². The molecule has 0 N–H and O–H groups in total. The summed E-state index contributed by atoms with van der Waals surface area (Å²) >= 11 is 0. The van der Waals surface area contributed by atoms with Crippen LogP contribution in [0.5, 0.6) is 0 Å².